The smallest absolute Gasteiger partial charge is 0.303 e. The zero-order valence-corrected chi connectivity index (χ0v) is 13.8. The predicted molar refractivity (Wildman–Crippen MR) is 83.4 cm³/mol. The summed E-state index contributed by atoms with van der Waals surface area (Å²) >= 11 is 3.38. The Morgan fingerprint density at radius 2 is 2.14 bits per heavy atom. The van der Waals surface area contributed by atoms with Crippen LogP contribution in [-0.4, -0.2) is 30.1 Å². The average Bonchev–Trinajstić information content (AvgIpc) is 2.42. The normalized spacial score (nSPS) is 11.8. The van der Waals surface area contributed by atoms with E-state index < -0.39 is 5.97 Å². The molecule has 0 spiro atoms. The fourth-order valence-electron chi connectivity index (χ4n) is 1.78. The lowest BCUT2D eigenvalue weighted by Crippen LogP contribution is -2.33. The molecule has 5 nitrogen and oxygen atoms in total. The summed E-state index contributed by atoms with van der Waals surface area (Å²) in [6.07, 6.45) is 0.762. The number of nitrogens with one attached hydrogen (secondary N) is 1. The molecule has 1 unspecified atom stereocenters. The first-order valence-corrected chi connectivity index (χ1v) is 7.59. The Morgan fingerprint density at radius 3 is 2.71 bits per heavy atom. The van der Waals surface area contributed by atoms with E-state index in [1.54, 1.807) is 6.07 Å². The highest BCUT2D eigenvalue weighted by molar-refractivity contribution is 9.10. The molecule has 0 aliphatic heterocycles. The number of hydrogen-bond donors (Lipinski definition) is 2. The van der Waals surface area contributed by atoms with Crippen LogP contribution in [0, 0.1) is 12.8 Å². The van der Waals surface area contributed by atoms with Crippen molar-refractivity contribution in [3.05, 3.63) is 28.2 Å². The first kappa shape index (κ1) is 17.5. The zero-order chi connectivity index (χ0) is 15.8. The van der Waals surface area contributed by atoms with Gasteiger partial charge < -0.3 is 15.2 Å². The molecule has 0 saturated heterocycles. The van der Waals surface area contributed by atoms with Gasteiger partial charge in [0, 0.05) is 13.0 Å². The summed E-state index contributed by atoms with van der Waals surface area (Å²) in [4.78, 5) is 22.3. The molecule has 116 valence electrons. The number of halogens is 1. The van der Waals surface area contributed by atoms with Gasteiger partial charge in [0.15, 0.2) is 6.61 Å². The molecule has 0 saturated carbocycles. The Bertz CT molecular complexity index is 504. The number of rotatable bonds is 8. The molecule has 0 radical (unpaired) electrons. The minimum absolute atomic E-state index is 0.0567. The number of hydrogen-bond acceptors (Lipinski definition) is 3. The highest BCUT2D eigenvalue weighted by Crippen LogP contribution is 2.25. The third kappa shape index (κ3) is 6.62. The molecule has 0 bridgehead atoms. The van der Waals surface area contributed by atoms with Gasteiger partial charge in [-0.25, -0.2) is 0 Å². The maximum absolute atomic E-state index is 11.7. The summed E-state index contributed by atoms with van der Waals surface area (Å²) in [5, 5.41) is 11.4. The summed E-state index contributed by atoms with van der Waals surface area (Å²) in [6, 6.07) is 5.61. The summed E-state index contributed by atoms with van der Waals surface area (Å²) in [6.45, 7) is 4.12. The van der Waals surface area contributed by atoms with E-state index in [9.17, 15) is 9.59 Å². The molecule has 21 heavy (non-hydrogen) atoms. The Labute approximate surface area is 132 Å². The number of amides is 1. The molecule has 1 amide bonds. The van der Waals surface area contributed by atoms with Crippen molar-refractivity contribution in [3.63, 3.8) is 0 Å². The molecular weight excluding hydrogens is 338 g/mol. The van der Waals surface area contributed by atoms with Crippen molar-refractivity contribution >= 4 is 27.8 Å². The first-order chi connectivity index (χ1) is 9.92. The summed E-state index contributed by atoms with van der Waals surface area (Å²) < 4.78 is 6.22. The van der Waals surface area contributed by atoms with Gasteiger partial charge in [-0.1, -0.05) is 19.4 Å². The van der Waals surface area contributed by atoms with Crippen LogP contribution in [-0.2, 0) is 9.59 Å². The molecule has 0 aliphatic rings. The number of aryl methyl sites for hydroxylation is 1. The van der Waals surface area contributed by atoms with Gasteiger partial charge in [0.25, 0.3) is 5.91 Å². The summed E-state index contributed by atoms with van der Waals surface area (Å²) in [5.41, 5.74) is 1.10. The van der Waals surface area contributed by atoms with Crippen molar-refractivity contribution in [1.82, 2.24) is 5.32 Å². The van der Waals surface area contributed by atoms with Crippen LogP contribution >= 0.6 is 15.9 Å². The van der Waals surface area contributed by atoms with E-state index in [0.29, 0.717) is 18.7 Å². The molecule has 0 aromatic heterocycles. The van der Waals surface area contributed by atoms with E-state index in [4.69, 9.17) is 9.84 Å². The van der Waals surface area contributed by atoms with Crippen LogP contribution in [0.5, 0.6) is 5.75 Å². The lowest BCUT2D eigenvalue weighted by atomic mass is 10.0. The fourth-order valence-corrected chi connectivity index (χ4v) is 2.39. The summed E-state index contributed by atoms with van der Waals surface area (Å²) in [5.74, 6) is -0.562. The second kappa shape index (κ2) is 8.67. The average molecular weight is 358 g/mol. The van der Waals surface area contributed by atoms with Gasteiger partial charge in [-0.15, -0.1) is 0 Å². The van der Waals surface area contributed by atoms with Crippen LogP contribution in [0.1, 0.15) is 25.3 Å². The maximum Gasteiger partial charge on any atom is 0.303 e. The highest BCUT2D eigenvalue weighted by atomic mass is 79.9. The molecular formula is C15H20BrNO4. The van der Waals surface area contributed by atoms with Gasteiger partial charge in [-0.3, -0.25) is 9.59 Å². The number of carbonyl (C=O) groups excluding carboxylic acids is 1. The van der Waals surface area contributed by atoms with Crippen molar-refractivity contribution in [1.29, 1.82) is 0 Å². The van der Waals surface area contributed by atoms with Crippen LogP contribution in [0.25, 0.3) is 0 Å². The number of ether oxygens (including phenoxy) is 1. The first-order valence-electron chi connectivity index (χ1n) is 6.79. The van der Waals surface area contributed by atoms with Crippen molar-refractivity contribution in [3.8, 4) is 5.75 Å². The number of carboxylic acid groups (broad SMARTS) is 1. The second-order valence-corrected chi connectivity index (χ2v) is 5.75. The van der Waals surface area contributed by atoms with E-state index >= 15 is 0 Å². The van der Waals surface area contributed by atoms with Gasteiger partial charge in [-0.05, 0) is 46.5 Å². The van der Waals surface area contributed by atoms with Crippen molar-refractivity contribution < 1.29 is 19.4 Å². The fraction of sp³-hybridized carbons (Fsp3) is 0.467. The predicted octanol–water partition coefficient (Wildman–Crippen LogP) is 2.75. The van der Waals surface area contributed by atoms with Crippen molar-refractivity contribution in [2.75, 3.05) is 13.2 Å². The lowest BCUT2D eigenvalue weighted by molar-refractivity contribution is -0.138. The Kier molecular flexibility index (Phi) is 7.22. The minimum atomic E-state index is -0.851. The second-order valence-electron chi connectivity index (χ2n) is 4.90. The quantitative estimate of drug-likeness (QED) is 0.749. The van der Waals surface area contributed by atoms with Gasteiger partial charge in [0.05, 0.1) is 4.47 Å². The van der Waals surface area contributed by atoms with E-state index in [1.807, 2.05) is 26.0 Å². The molecule has 1 aromatic rings. The van der Waals surface area contributed by atoms with Crippen LogP contribution in [0.15, 0.2) is 22.7 Å². The lowest BCUT2D eigenvalue weighted by Gasteiger charge is -2.14. The maximum atomic E-state index is 11.7. The molecule has 1 aromatic carbocycles. The summed E-state index contributed by atoms with van der Waals surface area (Å²) in [7, 11) is 0. The Hall–Kier alpha value is -1.56. The largest absolute Gasteiger partial charge is 0.483 e. The Balaban J connectivity index is 2.38. The van der Waals surface area contributed by atoms with Gasteiger partial charge >= 0.3 is 5.97 Å². The molecule has 0 aliphatic carbocycles. The van der Waals surface area contributed by atoms with Crippen LogP contribution in [0.4, 0.5) is 0 Å². The third-order valence-electron chi connectivity index (χ3n) is 3.07. The number of carboxylic acids is 1. The van der Waals surface area contributed by atoms with E-state index in [1.165, 1.54) is 0 Å². The molecule has 1 atom stereocenters. The monoisotopic (exact) mass is 357 g/mol. The topological polar surface area (TPSA) is 75.6 Å². The number of carbonyl (C=O) groups is 2. The molecule has 2 N–H and O–H groups in total. The van der Waals surface area contributed by atoms with Crippen molar-refractivity contribution in [2.45, 2.75) is 26.7 Å². The third-order valence-corrected chi connectivity index (χ3v) is 3.69. The Morgan fingerprint density at radius 1 is 1.43 bits per heavy atom. The SMILES string of the molecule is CCC(CNC(=O)COc1ccc(C)cc1Br)CC(=O)O. The standard InChI is InChI=1S/C15H20BrNO4/c1-3-11(7-15(19)20)8-17-14(18)9-21-13-5-4-10(2)6-12(13)16/h4-6,11H,3,7-9H2,1-2H3,(H,17,18)(H,19,20). The van der Waals surface area contributed by atoms with Gasteiger partial charge in [0.2, 0.25) is 0 Å². The molecule has 1 rings (SSSR count). The van der Waals surface area contributed by atoms with Crippen LogP contribution in [0.3, 0.4) is 0 Å². The molecule has 0 fully saturated rings. The van der Waals surface area contributed by atoms with Crippen LogP contribution < -0.4 is 10.1 Å². The molecule has 0 heterocycles. The van der Waals surface area contributed by atoms with E-state index in [2.05, 4.69) is 21.2 Å². The van der Waals surface area contributed by atoms with E-state index in [-0.39, 0.29) is 24.9 Å². The van der Waals surface area contributed by atoms with Gasteiger partial charge in [-0.2, -0.15) is 0 Å². The van der Waals surface area contributed by atoms with Crippen molar-refractivity contribution in [2.24, 2.45) is 5.92 Å². The highest BCUT2D eigenvalue weighted by Gasteiger charge is 2.13. The number of benzene rings is 1. The minimum Gasteiger partial charge on any atom is -0.483 e. The number of aliphatic carboxylic acids is 1. The molecule has 6 heteroatoms. The van der Waals surface area contributed by atoms with Crippen LogP contribution in [0.2, 0.25) is 0 Å². The van der Waals surface area contributed by atoms with E-state index in [0.717, 1.165) is 10.0 Å². The zero-order valence-electron chi connectivity index (χ0n) is 12.2. The van der Waals surface area contributed by atoms with Gasteiger partial charge in [0.1, 0.15) is 5.75 Å².